The minimum Gasteiger partial charge on any atom is -0.494 e. The van der Waals surface area contributed by atoms with E-state index in [1.54, 1.807) is 24.3 Å². The predicted octanol–water partition coefficient (Wildman–Crippen LogP) is 3.73. The summed E-state index contributed by atoms with van der Waals surface area (Å²) in [6, 6.07) is 12.6. The van der Waals surface area contributed by atoms with Gasteiger partial charge in [-0.2, -0.15) is 8.75 Å². The first-order valence-corrected chi connectivity index (χ1v) is 7.76. The molecule has 1 aromatic heterocycles. The fourth-order valence-electron chi connectivity index (χ4n) is 2.02. The van der Waals surface area contributed by atoms with E-state index in [9.17, 15) is 4.79 Å². The standard InChI is InChI=1S/C16H15N3O2S/c1-2-10-21-12-8-6-11(7-9-12)16(20)17-13-4-3-5-14-15(13)19-22-18-14/h3-9H,2,10H2,1H3,(H,17,20). The van der Waals surface area contributed by atoms with Gasteiger partial charge in [-0.05, 0) is 42.8 Å². The van der Waals surface area contributed by atoms with Gasteiger partial charge in [0.1, 0.15) is 16.8 Å². The number of anilines is 1. The third-order valence-corrected chi connectivity index (χ3v) is 3.67. The summed E-state index contributed by atoms with van der Waals surface area (Å²) >= 11 is 1.13. The maximum absolute atomic E-state index is 12.3. The number of rotatable bonds is 5. The highest BCUT2D eigenvalue weighted by atomic mass is 32.1. The van der Waals surface area contributed by atoms with Crippen molar-refractivity contribution in [2.45, 2.75) is 13.3 Å². The number of ether oxygens (including phenoxy) is 1. The second-order valence-electron chi connectivity index (χ2n) is 4.76. The lowest BCUT2D eigenvalue weighted by Gasteiger charge is -2.07. The average Bonchev–Trinajstić information content (AvgIpc) is 3.03. The van der Waals surface area contributed by atoms with Gasteiger partial charge in [-0.3, -0.25) is 4.79 Å². The van der Waals surface area contributed by atoms with E-state index in [0.29, 0.717) is 23.4 Å². The quantitative estimate of drug-likeness (QED) is 0.779. The molecule has 2 aromatic carbocycles. The molecule has 1 heterocycles. The summed E-state index contributed by atoms with van der Waals surface area (Å²) in [6.45, 7) is 2.72. The zero-order valence-corrected chi connectivity index (χ0v) is 12.9. The minimum absolute atomic E-state index is 0.178. The number of amides is 1. The monoisotopic (exact) mass is 313 g/mol. The van der Waals surface area contributed by atoms with Crippen LogP contribution in [-0.4, -0.2) is 21.3 Å². The van der Waals surface area contributed by atoms with Gasteiger partial charge in [-0.15, -0.1) is 0 Å². The molecule has 0 saturated carbocycles. The number of nitrogens with one attached hydrogen (secondary N) is 1. The lowest BCUT2D eigenvalue weighted by Crippen LogP contribution is -2.12. The molecule has 0 radical (unpaired) electrons. The van der Waals surface area contributed by atoms with Gasteiger partial charge in [0.15, 0.2) is 0 Å². The minimum atomic E-state index is -0.178. The van der Waals surface area contributed by atoms with E-state index in [2.05, 4.69) is 21.0 Å². The molecule has 6 heteroatoms. The Balaban J connectivity index is 1.75. The summed E-state index contributed by atoms with van der Waals surface area (Å²) in [6.07, 6.45) is 0.952. The van der Waals surface area contributed by atoms with Gasteiger partial charge in [0, 0.05) is 5.56 Å². The van der Waals surface area contributed by atoms with E-state index < -0.39 is 0 Å². The first-order valence-electron chi connectivity index (χ1n) is 7.03. The van der Waals surface area contributed by atoms with Gasteiger partial charge >= 0.3 is 0 Å². The van der Waals surface area contributed by atoms with Gasteiger partial charge < -0.3 is 10.1 Å². The second kappa shape index (κ2) is 6.53. The van der Waals surface area contributed by atoms with Gasteiger partial charge in [-0.1, -0.05) is 13.0 Å². The van der Waals surface area contributed by atoms with Crippen molar-refractivity contribution < 1.29 is 9.53 Å². The number of hydrogen-bond donors (Lipinski definition) is 1. The van der Waals surface area contributed by atoms with Crippen molar-refractivity contribution in [3.05, 3.63) is 48.0 Å². The maximum Gasteiger partial charge on any atom is 0.255 e. The molecular weight excluding hydrogens is 298 g/mol. The largest absolute Gasteiger partial charge is 0.494 e. The second-order valence-corrected chi connectivity index (χ2v) is 5.29. The van der Waals surface area contributed by atoms with Gasteiger partial charge in [-0.25, -0.2) is 0 Å². The number of aromatic nitrogens is 2. The highest BCUT2D eigenvalue weighted by molar-refractivity contribution is 7.00. The van der Waals surface area contributed by atoms with Crippen LogP contribution in [0.25, 0.3) is 11.0 Å². The topological polar surface area (TPSA) is 64.1 Å². The zero-order chi connectivity index (χ0) is 15.4. The van der Waals surface area contributed by atoms with Crippen LogP contribution in [0.4, 0.5) is 5.69 Å². The van der Waals surface area contributed by atoms with Crippen LogP contribution in [0, 0.1) is 0 Å². The third kappa shape index (κ3) is 3.07. The van der Waals surface area contributed by atoms with E-state index in [1.165, 1.54) is 0 Å². The number of carbonyl (C=O) groups excluding carboxylic acids is 1. The van der Waals surface area contributed by atoms with Gasteiger partial charge in [0.05, 0.1) is 24.0 Å². The molecule has 0 fully saturated rings. The summed E-state index contributed by atoms with van der Waals surface area (Å²) in [5.41, 5.74) is 2.74. The number of fused-ring (bicyclic) bond motifs is 1. The van der Waals surface area contributed by atoms with Crippen LogP contribution in [0.2, 0.25) is 0 Å². The molecule has 0 aliphatic carbocycles. The molecule has 1 amide bonds. The van der Waals surface area contributed by atoms with Gasteiger partial charge in [0.2, 0.25) is 0 Å². The molecule has 5 nitrogen and oxygen atoms in total. The Morgan fingerprint density at radius 2 is 2.00 bits per heavy atom. The van der Waals surface area contributed by atoms with E-state index in [0.717, 1.165) is 29.4 Å². The van der Waals surface area contributed by atoms with Crippen molar-refractivity contribution in [2.24, 2.45) is 0 Å². The number of carbonyl (C=O) groups is 1. The molecule has 0 aliphatic heterocycles. The van der Waals surface area contributed by atoms with Crippen LogP contribution >= 0.6 is 11.7 Å². The van der Waals surface area contributed by atoms with Crippen LogP contribution in [0.5, 0.6) is 5.75 Å². The van der Waals surface area contributed by atoms with Gasteiger partial charge in [0.25, 0.3) is 5.91 Å². The Morgan fingerprint density at radius 3 is 2.77 bits per heavy atom. The van der Waals surface area contributed by atoms with Crippen molar-refractivity contribution >= 4 is 34.4 Å². The summed E-state index contributed by atoms with van der Waals surface area (Å²) in [5, 5.41) is 2.87. The highest BCUT2D eigenvalue weighted by Gasteiger charge is 2.10. The lowest BCUT2D eigenvalue weighted by atomic mass is 10.2. The fourth-order valence-corrected chi connectivity index (χ4v) is 2.57. The van der Waals surface area contributed by atoms with E-state index in [1.807, 2.05) is 18.2 Å². The molecule has 0 aliphatic rings. The average molecular weight is 313 g/mol. The molecule has 0 unspecified atom stereocenters. The van der Waals surface area contributed by atoms with E-state index >= 15 is 0 Å². The number of nitrogens with zero attached hydrogens (tertiary/aromatic N) is 2. The van der Waals surface area contributed by atoms with Crippen molar-refractivity contribution in [1.29, 1.82) is 0 Å². The van der Waals surface area contributed by atoms with Crippen LogP contribution in [0.15, 0.2) is 42.5 Å². The van der Waals surface area contributed by atoms with Crippen molar-refractivity contribution in [3.8, 4) is 5.75 Å². The molecule has 1 N–H and O–H groups in total. The van der Waals surface area contributed by atoms with Crippen molar-refractivity contribution in [1.82, 2.24) is 8.75 Å². The number of hydrogen-bond acceptors (Lipinski definition) is 5. The van der Waals surface area contributed by atoms with Crippen LogP contribution in [0.3, 0.4) is 0 Å². The van der Waals surface area contributed by atoms with Crippen molar-refractivity contribution in [3.63, 3.8) is 0 Å². The Morgan fingerprint density at radius 1 is 1.18 bits per heavy atom. The van der Waals surface area contributed by atoms with Crippen LogP contribution < -0.4 is 10.1 Å². The molecule has 22 heavy (non-hydrogen) atoms. The normalized spacial score (nSPS) is 10.6. The summed E-state index contributed by atoms with van der Waals surface area (Å²) in [7, 11) is 0. The molecule has 0 bridgehead atoms. The molecule has 3 aromatic rings. The molecule has 3 rings (SSSR count). The first kappa shape index (κ1) is 14.5. The lowest BCUT2D eigenvalue weighted by molar-refractivity contribution is 0.102. The molecular formula is C16H15N3O2S. The molecule has 0 spiro atoms. The molecule has 112 valence electrons. The Bertz CT molecular complexity index is 783. The Kier molecular flexibility index (Phi) is 4.29. The van der Waals surface area contributed by atoms with Crippen LogP contribution in [0.1, 0.15) is 23.7 Å². The third-order valence-electron chi connectivity index (χ3n) is 3.12. The molecule has 0 atom stereocenters. The zero-order valence-electron chi connectivity index (χ0n) is 12.1. The highest BCUT2D eigenvalue weighted by Crippen LogP contribution is 2.22. The van der Waals surface area contributed by atoms with Crippen LogP contribution in [-0.2, 0) is 0 Å². The van der Waals surface area contributed by atoms with Crippen molar-refractivity contribution in [2.75, 3.05) is 11.9 Å². The first-order chi connectivity index (χ1) is 10.8. The number of benzene rings is 2. The summed E-state index contributed by atoms with van der Waals surface area (Å²) in [5.74, 6) is 0.590. The van der Waals surface area contributed by atoms with E-state index in [-0.39, 0.29) is 5.91 Å². The smallest absolute Gasteiger partial charge is 0.255 e. The Labute approximate surface area is 132 Å². The molecule has 0 saturated heterocycles. The Hall–Kier alpha value is -2.47. The SMILES string of the molecule is CCCOc1ccc(C(=O)Nc2cccc3nsnc23)cc1. The summed E-state index contributed by atoms with van der Waals surface area (Å²) in [4.78, 5) is 12.3. The fraction of sp³-hybridized carbons (Fsp3) is 0.188. The summed E-state index contributed by atoms with van der Waals surface area (Å²) < 4.78 is 13.9. The predicted molar refractivity (Wildman–Crippen MR) is 87.6 cm³/mol. The maximum atomic E-state index is 12.3. The van der Waals surface area contributed by atoms with E-state index in [4.69, 9.17) is 4.74 Å².